The molecule has 2 saturated carbocycles. The zero-order valence-corrected chi connectivity index (χ0v) is 19.3. The van der Waals surface area contributed by atoms with Crippen molar-refractivity contribution in [2.24, 2.45) is 22.7 Å². The lowest BCUT2D eigenvalue weighted by atomic mass is 9.46. The number of esters is 1. The molecular weight excluding hydrogens is 388 g/mol. The van der Waals surface area contributed by atoms with Gasteiger partial charge in [-0.2, -0.15) is 0 Å². The number of fused-ring (bicyclic) bond motifs is 1. The molecule has 0 amide bonds. The summed E-state index contributed by atoms with van der Waals surface area (Å²) in [4.78, 5) is 12.9. The maximum absolute atomic E-state index is 12.9. The van der Waals surface area contributed by atoms with Crippen LogP contribution in [0.4, 0.5) is 0 Å². The van der Waals surface area contributed by atoms with Crippen LogP contribution < -0.4 is 0 Å². The van der Waals surface area contributed by atoms with E-state index < -0.39 is 0 Å². The van der Waals surface area contributed by atoms with Crippen molar-refractivity contribution in [3.05, 3.63) is 59.7 Å². The average Bonchev–Trinajstić information content (AvgIpc) is 2.73. The summed E-state index contributed by atoms with van der Waals surface area (Å²) in [6, 6.07) is 9.14. The molecule has 0 heterocycles. The van der Waals surface area contributed by atoms with Gasteiger partial charge in [-0.05, 0) is 61.5 Å². The van der Waals surface area contributed by atoms with E-state index in [-0.39, 0.29) is 42.0 Å². The largest absolute Gasteiger partial charge is 0.458 e. The number of ether oxygens (including phenoxy) is 1. The number of allylic oxidation sites excluding steroid dienone is 1. The van der Waals surface area contributed by atoms with Crippen molar-refractivity contribution in [1.29, 1.82) is 0 Å². The maximum atomic E-state index is 12.9. The molecule has 0 aliphatic heterocycles. The standard InChI is InChI=1S/C27H38O4/c1-19(13-16-28)11-12-22-20(2)17-23(31-25(30)21-9-6-5-7-10-21)24-26(3,18-29)14-8-15-27(22,24)4/h5-7,9-10,13,22-24,28-29H,2,8,11-12,14-18H2,1,3-4H3/b19-13+/t22-,23-,24-,26-,27+/m0/s1. The van der Waals surface area contributed by atoms with Gasteiger partial charge in [-0.1, -0.05) is 62.3 Å². The van der Waals surface area contributed by atoms with E-state index in [0.29, 0.717) is 17.9 Å². The molecule has 5 atom stereocenters. The Morgan fingerprint density at radius 3 is 2.58 bits per heavy atom. The number of aliphatic hydroxyl groups is 2. The molecule has 0 bridgehead atoms. The molecular formula is C27H38O4. The van der Waals surface area contributed by atoms with E-state index in [4.69, 9.17) is 4.74 Å². The Balaban J connectivity index is 1.91. The van der Waals surface area contributed by atoms with Crippen LogP contribution in [0.2, 0.25) is 0 Å². The third-order valence-electron chi connectivity index (χ3n) is 7.94. The molecule has 2 aliphatic rings. The van der Waals surface area contributed by atoms with Crippen LogP contribution in [0.3, 0.4) is 0 Å². The van der Waals surface area contributed by atoms with Gasteiger partial charge in [0.1, 0.15) is 6.10 Å². The number of rotatable bonds is 7. The molecule has 2 fully saturated rings. The van der Waals surface area contributed by atoms with Crippen LogP contribution in [0.15, 0.2) is 54.1 Å². The summed E-state index contributed by atoms with van der Waals surface area (Å²) in [5.74, 6) is 0.0771. The predicted molar refractivity (Wildman–Crippen MR) is 124 cm³/mol. The molecule has 0 aromatic heterocycles. The van der Waals surface area contributed by atoms with Crippen LogP contribution in [-0.2, 0) is 4.74 Å². The van der Waals surface area contributed by atoms with E-state index in [1.165, 1.54) is 5.57 Å². The monoisotopic (exact) mass is 426 g/mol. The molecule has 0 radical (unpaired) electrons. The molecule has 3 rings (SSSR count). The highest BCUT2D eigenvalue weighted by Crippen LogP contribution is 2.62. The van der Waals surface area contributed by atoms with Crippen molar-refractivity contribution in [2.75, 3.05) is 13.2 Å². The van der Waals surface area contributed by atoms with E-state index in [2.05, 4.69) is 27.4 Å². The fourth-order valence-electron chi connectivity index (χ4n) is 6.46. The Morgan fingerprint density at radius 2 is 1.94 bits per heavy atom. The maximum Gasteiger partial charge on any atom is 0.338 e. The Bertz CT molecular complexity index is 814. The van der Waals surface area contributed by atoms with Crippen molar-refractivity contribution in [3.63, 3.8) is 0 Å². The van der Waals surface area contributed by atoms with Crippen molar-refractivity contribution in [3.8, 4) is 0 Å². The quantitative estimate of drug-likeness (QED) is 0.458. The predicted octanol–water partition coefficient (Wildman–Crippen LogP) is 5.31. The van der Waals surface area contributed by atoms with Gasteiger partial charge < -0.3 is 14.9 Å². The lowest BCUT2D eigenvalue weighted by Crippen LogP contribution is -2.58. The van der Waals surface area contributed by atoms with Crippen LogP contribution in [-0.4, -0.2) is 35.5 Å². The Morgan fingerprint density at radius 1 is 1.23 bits per heavy atom. The van der Waals surface area contributed by atoms with Gasteiger partial charge in [0.15, 0.2) is 0 Å². The van der Waals surface area contributed by atoms with Crippen molar-refractivity contribution in [1.82, 2.24) is 0 Å². The second-order valence-corrected chi connectivity index (χ2v) is 10.1. The summed E-state index contributed by atoms with van der Waals surface area (Å²) in [5.41, 5.74) is 2.51. The fourth-order valence-corrected chi connectivity index (χ4v) is 6.46. The molecule has 2 aliphatic carbocycles. The van der Waals surface area contributed by atoms with Gasteiger partial charge in [0, 0.05) is 18.9 Å². The molecule has 31 heavy (non-hydrogen) atoms. The summed E-state index contributed by atoms with van der Waals surface area (Å²) in [5, 5.41) is 19.6. The zero-order valence-electron chi connectivity index (χ0n) is 19.3. The van der Waals surface area contributed by atoms with Crippen LogP contribution >= 0.6 is 0 Å². The minimum atomic E-state index is -0.299. The Kier molecular flexibility index (Phi) is 7.43. The smallest absolute Gasteiger partial charge is 0.338 e. The van der Waals surface area contributed by atoms with Gasteiger partial charge in [-0.25, -0.2) is 4.79 Å². The SMILES string of the molecule is C=C1C[C@H](OC(=O)c2ccccc2)[C@H]2[C@](C)(CO)CCC[C@]2(C)[C@H]1CC/C(C)=C/CO. The van der Waals surface area contributed by atoms with Gasteiger partial charge >= 0.3 is 5.97 Å². The lowest BCUT2D eigenvalue weighted by molar-refractivity contribution is -0.145. The van der Waals surface area contributed by atoms with Gasteiger partial charge in [0.25, 0.3) is 0 Å². The van der Waals surface area contributed by atoms with E-state index in [1.807, 2.05) is 24.3 Å². The van der Waals surface area contributed by atoms with E-state index in [9.17, 15) is 15.0 Å². The Labute approximate surface area is 187 Å². The lowest BCUT2D eigenvalue weighted by Gasteiger charge is -2.60. The fraction of sp³-hybridized carbons (Fsp3) is 0.593. The molecule has 1 aromatic rings. The zero-order chi connectivity index (χ0) is 22.6. The topological polar surface area (TPSA) is 66.8 Å². The van der Waals surface area contributed by atoms with E-state index in [0.717, 1.165) is 37.7 Å². The third kappa shape index (κ3) is 4.80. The second-order valence-electron chi connectivity index (χ2n) is 10.1. The second kappa shape index (κ2) is 9.70. The summed E-state index contributed by atoms with van der Waals surface area (Å²) >= 11 is 0. The minimum absolute atomic E-state index is 0.0669. The van der Waals surface area contributed by atoms with Gasteiger partial charge in [0.2, 0.25) is 0 Å². The highest BCUT2D eigenvalue weighted by molar-refractivity contribution is 5.89. The number of benzene rings is 1. The number of carbonyl (C=O) groups excluding carboxylic acids is 1. The van der Waals surface area contributed by atoms with Crippen LogP contribution in [0, 0.1) is 22.7 Å². The minimum Gasteiger partial charge on any atom is -0.458 e. The first-order valence-corrected chi connectivity index (χ1v) is 11.6. The van der Waals surface area contributed by atoms with Crippen molar-refractivity contribution in [2.45, 2.75) is 65.4 Å². The number of carbonyl (C=O) groups is 1. The molecule has 0 saturated heterocycles. The van der Waals surface area contributed by atoms with E-state index in [1.54, 1.807) is 12.1 Å². The molecule has 2 N–H and O–H groups in total. The summed E-state index contributed by atoms with van der Waals surface area (Å²) in [7, 11) is 0. The third-order valence-corrected chi connectivity index (χ3v) is 7.94. The van der Waals surface area contributed by atoms with Gasteiger partial charge in [-0.3, -0.25) is 0 Å². The van der Waals surface area contributed by atoms with Crippen molar-refractivity contribution >= 4 is 5.97 Å². The molecule has 170 valence electrons. The van der Waals surface area contributed by atoms with Crippen molar-refractivity contribution < 1.29 is 19.7 Å². The Hall–Kier alpha value is -1.91. The summed E-state index contributed by atoms with van der Waals surface area (Å²) in [6.07, 6.45) is 7.14. The van der Waals surface area contributed by atoms with Gasteiger partial charge in [0.05, 0.1) is 12.2 Å². The van der Waals surface area contributed by atoms with Gasteiger partial charge in [-0.15, -0.1) is 0 Å². The number of aliphatic hydroxyl groups excluding tert-OH is 2. The average molecular weight is 427 g/mol. The molecule has 4 nitrogen and oxygen atoms in total. The number of hydrogen-bond donors (Lipinski definition) is 2. The van der Waals surface area contributed by atoms with Crippen LogP contribution in [0.1, 0.15) is 69.7 Å². The molecule has 0 unspecified atom stereocenters. The number of hydrogen-bond acceptors (Lipinski definition) is 4. The normalized spacial score (nSPS) is 33.6. The first-order chi connectivity index (χ1) is 14.7. The van der Waals surface area contributed by atoms with Crippen LogP contribution in [0.5, 0.6) is 0 Å². The first-order valence-electron chi connectivity index (χ1n) is 11.6. The van der Waals surface area contributed by atoms with E-state index >= 15 is 0 Å². The van der Waals surface area contributed by atoms with Crippen LogP contribution in [0.25, 0.3) is 0 Å². The molecule has 1 aromatic carbocycles. The summed E-state index contributed by atoms with van der Waals surface area (Å²) in [6.45, 7) is 11.1. The first kappa shape index (κ1) is 23.7. The summed E-state index contributed by atoms with van der Waals surface area (Å²) < 4.78 is 6.14. The molecule has 4 heteroatoms. The molecule has 0 spiro atoms. The highest BCUT2D eigenvalue weighted by Gasteiger charge is 2.59. The highest BCUT2D eigenvalue weighted by atomic mass is 16.5.